The number of likely N-dealkylation sites (N-methyl/N-ethyl adjacent to an activating group) is 1. The first-order chi connectivity index (χ1) is 9.20. The minimum atomic E-state index is -0.0457. The van der Waals surface area contributed by atoms with Gasteiger partial charge in [0.1, 0.15) is 6.54 Å². The van der Waals surface area contributed by atoms with Gasteiger partial charge in [-0.15, -0.1) is 0 Å². The van der Waals surface area contributed by atoms with E-state index in [9.17, 15) is 4.79 Å². The summed E-state index contributed by atoms with van der Waals surface area (Å²) in [4.78, 5) is 13.9. The van der Waals surface area contributed by atoms with Crippen LogP contribution >= 0.6 is 0 Å². The normalized spacial score (nSPS) is 19.3. The van der Waals surface area contributed by atoms with E-state index < -0.39 is 0 Å². The van der Waals surface area contributed by atoms with E-state index in [0.29, 0.717) is 13.1 Å². The lowest BCUT2D eigenvalue weighted by Crippen LogP contribution is -2.41. The van der Waals surface area contributed by atoms with Crippen LogP contribution in [0.4, 0.5) is 5.95 Å². The molecule has 1 aliphatic heterocycles. The van der Waals surface area contributed by atoms with Gasteiger partial charge in [0, 0.05) is 19.7 Å². The van der Waals surface area contributed by atoms with Gasteiger partial charge >= 0.3 is 0 Å². The monoisotopic (exact) mass is 268 g/mol. The number of nitrogens with two attached hydrogens (primary N) is 1. The highest BCUT2D eigenvalue weighted by atomic mass is 16.5. The summed E-state index contributed by atoms with van der Waals surface area (Å²) in [7, 11) is 0. The highest BCUT2D eigenvalue weighted by Crippen LogP contribution is 2.14. The third-order valence-electron chi connectivity index (χ3n) is 3.28. The van der Waals surface area contributed by atoms with Crippen molar-refractivity contribution in [3.8, 4) is 0 Å². The van der Waals surface area contributed by atoms with Crippen LogP contribution in [0.25, 0.3) is 0 Å². The number of amides is 1. The molecule has 8 heteroatoms. The first kappa shape index (κ1) is 13.7. The molecule has 1 aliphatic rings. The summed E-state index contributed by atoms with van der Waals surface area (Å²) in [6.45, 7) is 4.07. The largest absolute Gasteiger partial charge is 0.376 e. The molecule has 1 fully saturated rings. The molecular formula is C11H20N6O2. The Balaban J connectivity index is 1.89. The average Bonchev–Trinajstić information content (AvgIpc) is 2.82. The third kappa shape index (κ3) is 3.63. The lowest BCUT2D eigenvalue weighted by atomic mass is 10.1. The van der Waals surface area contributed by atoms with Gasteiger partial charge in [-0.25, -0.2) is 4.68 Å². The fourth-order valence-corrected chi connectivity index (χ4v) is 2.16. The van der Waals surface area contributed by atoms with E-state index in [2.05, 4.69) is 15.5 Å². The molecule has 8 nitrogen and oxygen atoms in total. The van der Waals surface area contributed by atoms with Gasteiger partial charge in [-0.3, -0.25) is 4.79 Å². The number of hydrogen-bond acceptors (Lipinski definition) is 6. The van der Waals surface area contributed by atoms with Crippen molar-refractivity contribution in [3.05, 3.63) is 0 Å². The third-order valence-corrected chi connectivity index (χ3v) is 3.28. The second kappa shape index (κ2) is 6.46. The predicted molar refractivity (Wildman–Crippen MR) is 68.1 cm³/mol. The molecule has 19 heavy (non-hydrogen) atoms. The smallest absolute Gasteiger partial charge is 0.244 e. The number of rotatable bonds is 5. The Labute approximate surface area is 111 Å². The molecule has 0 bridgehead atoms. The van der Waals surface area contributed by atoms with Gasteiger partial charge in [-0.1, -0.05) is 5.10 Å². The van der Waals surface area contributed by atoms with Crippen molar-refractivity contribution >= 4 is 11.9 Å². The highest BCUT2D eigenvalue weighted by molar-refractivity contribution is 5.76. The first-order valence-corrected chi connectivity index (χ1v) is 6.61. The van der Waals surface area contributed by atoms with Crippen molar-refractivity contribution in [1.29, 1.82) is 0 Å². The number of hydrogen-bond donors (Lipinski definition) is 1. The molecular weight excluding hydrogens is 248 g/mol. The number of tetrazole rings is 1. The van der Waals surface area contributed by atoms with E-state index in [-0.39, 0.29) is 24.5 Å². The van der Waals surface area contributed by atoms with Crippen LogP contribution in [0.2, 0.25) is 0 Å². The summed E-state index contributed by atoms with van der Waals surface area (Å²) >= 11 is 0. The lowest BCUT2D eigenvalue weighted by molar-refractivity contribution is -0.134. The summed E-state index contributed by atoms with van der Waals surface area (Å²) in [5.74, 6) is 0.106. The van der Waals surface area contributed by atoms with E-state index in [4.69, 9.17) is 10.5 Å². The molecule has 0 unspecified atom stereocenters. The van der Waals surface area contributed by atoms with E-state index in [1.165, 1.54) is 4.68 Å². The Morgan fingerprint density at radius 1 is 1.58 bits per heavy atom. The lowest BCUT2D eigenvalue weighted by Gasteiger charge is -2.29. The number of ether oxygens (including phenoxy) is 1. The van der Waals surface area contributed by atoms with Gasteiger partial charge in [0.25, 0.3) is 0 Å². The van der Waals surface area contributed by atoms with Gasteiger partial charge in [0.2, 0.25) is 11.9 Å². The van der Waals surface area contributed by atoms with Crippen molar-refractivity contribution in [2.45, 2.75) is 38.8 Å². The molecule has 0 radical (unpaired) electrons. The molecule has 1 amide bonds. The standard InChI is InChI=1S/C11H20N6O2/c1-2-16(7-9-5-3-4-6-19-9)10(18)8-17-11(12)13-14-15-17/h9H,2-8H2,1H3,(H2,12,13,15)/t9-/m1/s1. The van der Waals surface area contributed by atoms with Crippen molar-refractivity contribution in [2.75, 3.05) is 25.4 Å². The van der Waals surface area contributed by atoms with Gasteiger partial charge in [0.05, 0.1) is 6.10 Å². The van der Waals surface area contributed by atoms with Crippen LogP contribution in [-0.4, -0.2) is 56.8 Å². The topological polar surface area (TPSA) is 99.2 Å². The maximum absolute atomic E-state index is 12.2. The quantitative estimate of drug-likeness (QED) is 0.785. The first-order valence-electron chi connectivity index (χ1n) is 6.61. The summed E-state index contributed by atoms with van der Waals surface area (Å²) < 4.78 is 6.95. The Morgan fingerprint density at radius 3 is 3.00 bits per heavy atom. The Bertz CT molecular complexity index is 415. The molecule has 2 heterocycles. The molecule has 0 spiro atoms. The summed E-state index contributed by atoms with van der Waals surface area (Å²) in [6.07, 6.45) is 3.43. The second-order valence-electron chi connectivity index (χ2n) is 4.62. The van der Waals surface area contributed by atoms with Crippen LogP contribution in [0.3, 0.4) is 0 Å². The summed E-state index contributed by atoms with van der Waals surface area (Å²) in [6, 6.07) is 0. The van der Waals surface area contributed by atoms with E-state index in [1.807, 2.05) is 6.92 Å². The maximum atomic E-state index is 12.2. The van der Waals surface area contributed by atoms with Crippen LogP contribution in [0.1, 0.15) is 26.2 Å². The van der Waals surface area contributed by atoms with Gasteiger partial charge < -0.3 is 15.4 Å². The summed E-state index contributed by atoms with van der Waals surface area (Å²) in [5.41, 5.74) is 5.55. The van der Waals surface area contributed by atoms with Crippen LogP contribution in [-0.2, 0) is 16.1 Å². The Morgan fingerprint density at radius 2 is 2.42 bits per heavy atom. The SMILES string of the molecule is CCN(C[C@H]1CCCCO1)C(=O)Cn1nnnc1N. The minimum Gasteiger partial charge on any atom is -0.376 e. The number of aromatic nitrogens is 4. The van der Waals surface area contributed by atoms with Crippen molar-refractivity contribution in [1.82, 2.24) is 25.1 Å². The van der Waals surface area contributed by atoms with E-state index in [0.717, 1.165) is 25.9 Å². The molecule has 0 aromatic carbocycles. The molecule has 0 aliphatic carbocycles. The highest BCUT2D eigenvalue weighted by Gasteiger charge is 2.21. The number of nitrogens with zero attached hydrogens (tertiary/aromatic N) is 5. The van der Waals surface area contributed by atoms with Crippen molar-refractivity contribution in [2.24, 2.45) is 0 Å². The van der Waals surface area contributed by atoms with E-state index >= 15 is 0 Å². The second-order valence-corrected chi connectivity index (χ2v) is 4.62. The Hall–Kier alpha value is -1.70. The number of nitrogen functional groups attached to an aromatic ring is 1. The minimum absolute atomic E-state index is 0.0457. The van der Waals surface area contributed by atoms with Gasteiger partial charge in [-0.2, -0.15) is 0 Å². The maximum Gasteiger partial charge on any atom is 0.244 e. The van der Waals surface area contributed by atoms with Crippen LogP contribution in [0, 0.1) is 0 Å². The number of carbonyl (C=O) groups is 1. The van der Waals surface area contributed by atoms with Gasteiger partial charge in [0.15, 0.2) is 0 Å². The molecule has 1 aromatic rings. The van der Waals surface area contributed by atoms with Crippen LogP contribution < -0.4 is 5.73 Å². The van der Waals surface area contributed by atoms with Crippen molar-refractivity contribution in [3.63, 3.8) is 0 Å². The zero-order valence-corrected chi connectivity index (χ0v) is 11.2. The summed E-state index contributed by atoms with van der Waals surface area (Å²) in [5, 5.41) is 10.6. The predicted octanol–water partition coefficient (Wildman–Crippen LogP) is -0.327. The Kier molecular flexibility index (Phi) is 4.67. The zero-order valence-electron chi connectivity index (χ0n) is 11.2. The van der Waals surface area contributed by atoms with E-state index in [1.54, 1.807) is 4.90 Å². The molecule has 106 valence electrons. The molecule has 1 saturated heterocycles. The molecule has 1 aromatic heterocycles. The van der Waals surface area contributed by atoms with Crippen LogP contribution in [0.5, 0.6) is 0 Å². The zero-order chi connectivity index (χ0) is 13.7. The average molecular weight is 268 g/mol. The fraction of sp³-hybridized carbons (Fsp3) is 0.818. The fourth-order valence-electron chi connectivity index (χ4n) is 2.16. The number of anilines is 1. The van der Waals surface area contributed by atoms with Gasteiger partial charge in [-0.05, 0) is 36.6 Å². The molecule has 2 rings (SSSR count). The molecule has 1 atom stereocenters. The number of carbonyl (C=O) groups excluding carboxylic acids is 1. The molecule has 2 N–H and O–H groups in total. The molecule has 0 saturated carbocycles. The van der Waals surface area contributed by atoms with Crippen molar-refractivity contribution < 1.29 is 9.53 Å². The van der Waals surface area contributed by atoms with Crippen LogP contribution in [0.15, 0.2) is 0 Å².